The third kappa shape index (κ3) is 4.78. The first-order chi connectivity index (χ1) is 7.93. The number of benzene rings is 1. The van der Waals surface area contributed by atoms with E-state index >= 15 is 0 Å². The van der Waals surface area contributed by atoms with E-state index in [1.807, 2.05) is 12.1 Å². The molecule has 2 heteroatoms. The molecular weight excluding hydrogens is 210 g/mol. The third-order valence-corrected chi connectivity index (χ3v) is 3.13. The smallest absolute Gasteiger partial charge is 0.119 e. The van der Waals surface area contributed by atoms with Crippen LogP contribution in [0, 0.1) is 5.41 Å². The molecule has 1 aromatic rings. The standard InChI is InChI=1S/C15H25NO/c1-12(15(2,3)4)17-14-9-7-13(8-10-14)6-5-11-16/h7-10,12H,5-6,11,16H2,1-4H3. The van der Waals surface area contributed by atoms with Gasteiger partial charge in [0, 0.05) is 0 Å². The van der Waals surface area contributed by atoms with Crippen molar-refractivity contribution in [1.82, 2.24) is 0 Å². The van der Waals surface area contributed by atoms with Crippen LogP contribution < -0.4 is 10.5 Å². The lowest BCUT2D eigenvalue weighted by Gasteiger charge is -2.27. The Morgan fingerprint density at radius 3 is 2.24 bits per heavy atom. The summed E-state index contributed by atoms with van der Waals surface area (Å²) >= 11 is 0. The van der Waals surface area contributed by atoms with Gasteiger partial charge in [-0.1, -0.05) is 32.9 Å². The van der Waals surface area contributed by atoms with Gasteiger partial charge in [-0.2, -0.15) is 0 Å². The summed E-state index contributed by atoms with van der Waals surface area (Å²) in [7, 11) is 0. The summed E-state index contributed by atoms with van der Waals surface area (Å²) in [5.74, 6) is 0.948. The molecule has 0 fully saturated rings. The minimum absolute atomic E-state index is 0.165. The Balaban J connectivity index is 2.56. The highest BCUT2D eigenvalue weighted by Crippen LogP contribution is 2.24. The van der Waals surface area contributed by atoms with Gasteiger partial charge in [0.25, 0.3) is 0 Å². The van der Waals surface area contributed by atoms with Crippen molar-refractivity contribution in [2.45, 2.75) is 46.6 Å². The fraction of sp³-hybridized carbons (Fsp3) is 0.600. The second-order valence-electron chi connectivity index (χ2n) is 5.66. The van der Waals surface area contributed by atoms with Gasteiger partial charge in [0.05, 0.1) is 0 Å². The molecule has 0 saturated heterocycles. The van der Waals surface area contributed by atoms with Crippen molar-refractivity contribution >= 4 is 0 Å². The number of rotatable bonds is 5. The molecule has 17 heavy (non-hydrogen) atoms. The fourth-order valence-corrected chi connectivity index (χ4v) is 1.42. The van der Waals surface area contributed by atoms with E-state index in [1.54, 1.807) is 0 Å². The molecule has 0 spiro atoms. The summed E-state index contributed by atoms with van der Waals surface area (Å²) in [6.45, 7) is 9.43. The van der Waals surface area contributed by atoms with Gasteiger partial charge < -0.3 is 10.5 Å². The lowest BCUT2D eigenvalue weighted by molar-refractivity contribution is 0.103. The van der Waals surface area contributed by atoms with E-state index in [9.17, 15) is 0 Å². The zero-order chi connectivity index (χ0) is 12.9. The molecule has 2 nitrogen and oxygen atoms in total. The van der Waals surface area contributed by atoms with E-state index in [0.29, 0.717) is 0 Å². The van der Waals surface area contributed by atoms with Crippen LogP contribution in [0.25, 0.3) is 0 Å². The molecule has 1 aromatic carbocycles. The van der Waals surface area contributed by atoms with Crippen molar-refractivity contribution in [3.05, 3.63) is 29.8 Å². The summed E-state index contributed by atoms with van der Waals surface area (Å²) < 4.78 is 5.91. The van der Waals surface area contributed by atoms with Crippen LogP contribution in [0.3, 0.4) is 0 Å². The third-order valence-electron chi connectivity index (χ3n) is 3.13. The normalized spacial score (nSPS) is 13.5. The highest BCUT2D eigenvalue weighted by molar-refractivity contribution is 5.27. The fourth-order valence-electron chi connectivity index (χ4n) is 1.42. The Morgan fingerprint density at radius 1 is 1.18 bits per heavy atom. The van der Waals surface area contributed by atoms with E-state index in [2.05, 4.69) is 39.8 Å². The highest BCUT2D eigenvalue weighted by Gasteiger charge is 2.21. The molecule has 0 heterocycles. The van der Waals surface area contributed by atoms with Gasteiger partial charge in [0.2, 0.25) is 0 Å². The zero-order valence-electron chi connectivity index (χ0n) is 11.5. The van der Waals surface area contributed by atoms with Crippen LogP contribution in [-0.4, -0.2) is 12.6 Å². The van der Waals surface area contributed by atoms with E-state index in [1.165, 1.54) is 5.56 Å². The van der Waals surface area contributed by atoms with Crippen LogP contribution in [0.5, 0.6) is 5.75 Å². The summed E-state index contributed by atoms with van der Waals surface area (Å²) in [6.07, 6.45) is 2.29. The average Bonchev–Trinajstić information content (AvgIpc) is 2.27. The molecule has 0 aliphatic heterocycles. The van der Waals surface area contributed by atoms with E-state index in [4.69, 9.17) is 10.5 Å². The predicted molar refractivity (Wildman–Crippen MR) is 73.4 cm³/mol. The second-order valence-corrected chi connectivity index (χ2v) is 5.66. The van der Waals surface area contributed by atoms with Crippen LogP contribution in [-0.2, 0) is 6.42 Å². The molecule has 0 amide bonds. The van der Waals surface area contributed by atoms with E-state index < -0.39 is 0 Å². The van der Waals surface area contributed by atoms with E-state index in [-0.39, 0.29) is 11.5 Å². The van der Waals surface area contributed by atoms with Crippen molar-refractivity contribution in [2.24, 2.45) is 11.1 Å². The van der Waals surface area contributed by atoms with Gasteiger partial charge in [-0.15, -0.1) is 0 Å². The molecule has 0 aromatic heterocycles. The van der Waals surface area contributed by atoms with Crippen molar-refractivity contribution in [3.8, 4) is 5.75 Å². The van der Waals surface area contributed by atoms with E-state index in [0.717, 1.165) is 25.1 Å². The number of nitrogens with two attached hydrogens (primary N) is 1. The molecule has 0 aliphatic rings. The molecule has 1 unspecified atom stereocenters. The lowest BCUT2D eigenvalue weighted by Crippen LogP contribution is -2.28. The Hall–Kier alpha value is -1.02. The molecule has 0 saturated carbocycles. The summed E-state index contributed by atoms with van der Waals surface area (Å²) in [5.41, 5.74) is 6.99. The average molecular weight is 235 g/mol. The minimum Gasteiger partial charge on any atom is -0.490 e. The molecular formula is C15H25NO. The Morgan fingerprint density at radius 2 is 1.76 bits per heavy atom. The SMILES string of the molecule is CC(Oc1ccc(CCCN)cc1)C(C)(C)C. The van der Waals surface area contributed by atoms with Crippen LogP contribution in [0.1, 0.15) is 39.7 Å². The molecule has 0 radical (unpaired) electrons. The number of ether oxygens (including phenoxy) is 1. The van der Waals surface area contributed by atoms with Crippen LogP contribution in [0.4, 0.5) is 0 Å². The van der Waals surface area contributed by atoms with Crippen LogP contribution in [0.2, 0.25) is 0 Å². The highest BCUT2D eigenvalue weighted by atomic mass is 16.5. The van der Waals surface area contributed by atoms with Crippen LogP contribution >= 0.6 is 0 Å². The summed E-state index contributed by atoms with van der Waals surface area (Å²) in [5, 5.41) is 0. The number of aryl methyl sites for hydroxylation is 1. The minimum atomic E-state index is 0.165. The number of hydrogen-bond donors (Lipinski definition) is 1. The van der Waals surface area contributed by atoms with Crippen LogP contribution in [0.15, 0.2) is 24.3 Å². The molecule has 0 aliphatic carbocycles. The first kappa shape index (κ1) is 14.0. The zero-order valence-corrected chi connectivity index (χ0v) is 11.5. The molecule has 96 valence electrons. The Bertz CT molecular complexity index is 324. The van der Waals surface area contributed by atoms with Gasteiger partial charge in [-0.05, 0) is 49.4 Å². The first-order valence-electron chi connectivity index (χ1n) is 6.39. The number of hydrogen-bond acceptors (Lipinski definition) is 2. The topological polar surface area (TPSA) is 35.2 Å². The maximum atomic E-state index is 5.91. The molecule has 2 N–H and O–H groups in total. The maximum Gasteiger partial charge on any atom is 0.119 e. The van der Waals surface area contributed by atoms with Gasteiger partial charge in [0.1, 0.15) is 11.9 Å². The Labute approximate surface area is 105 Å². The second kappa shape index (κ2) is 6.06. The first-order valence-corrected chi connectivity index (χ1v) is 6.39. The van der Waals surface area contributed by atoms with Crippen molar-refractivity contribution < 1.29 is 4.74 Å². The molecule has 0 bridgehead atoms. The summed E-state index contributed by atoms with van der Waals surface area (Å²) in [4.78, 5) is 0. The van der Waals surface area contributed by atoms with Crippen molar-refractivity contribution in [2.75, 3.05) is 6.54 Å². The van der Waals surface area contributed by atoms with Gasteiger partial charge >= 0.3 is 0 Å². The largest absolute Gasteiger partial charge is 0.490 e. The molecule has 1 atom stereocenters. The van der Waals surface area contributed by atoms with Crippen molar-refractivity contribution in [1.29, 1.82) is 0 Å². The molecule has 1 rings (SSSR count). The quantitative estimate of drug-likeness (QED) is 0.849. The van der Waals surface area contributed by atoms with Gasteiger partial charge in [0.15, 0.2) is 0 Å². The lowest BCUT2D eigenvalue weighted by atomic mass is 9.90. The van der Waals surface area contributed by atoms with Crippen molar-refractivity contribution in [3.63, 3.8) is 0 Å². The predicted octanol–water partition coefficient (Wildman–Crippen LogP) is 3.39. The Kier molecular flexibility index (Phi) is 5.01. The maximum absolute atomic E-state index is 5.91. The summed E-state index contributed by atoms with van der Waals surface area (Å²) in [6, 6.07) is 8.35. The monoisotopic (exact) mass is 235 g/mol. The van der Waals surface area contributed by atoms with Gasteiger partial charge in [-0.25, -0.2) is 0 Å². The van der Waals surface area contributed by atoms with Gasteiger partial charge in [-0.3, -0.25) is 0 Å².